The lowest BCUT2D eigenvalue weighted by molar-refractivity contribution is -0.249. The van der Waals surface area contributed by atoms with Gasteiger partial charge in [0.05, 0.1) is 11.8 Å². The Labute approximate surface area is 261 Å². The number of amides is 1. The highest BCUT2D eigenvalue weighted by Gasteiger charge is 2.70. The average Bonchev–Trinajstić information content (AvgIpc) is 3.32. The molecule has 5 rings (SSSR count). The van der Waals surface area contributed by atoms with Crippen molar-refractivity contribution in [1.29, 1.82) is 0 Å². The van der Waals surface area contributed by atoms with Gasteiger partial charge in [-0.2, -0.15) is 0 Å². The lowest BCUT2D eigenvalue weighted by Crippen LogP contribution is -2.66. The molecule has 0 heterocycles. The number of hydrogen-bond acceptors (Lipinski definition) is 4. The Hall–Kier alpha value is -1.59. The fraction of sp³-hybridized carbons (Fsp3) is 0.919. The molecule has 2 unspecified atom stereocenters. The van der Waals surface area contributed by atoms with Crippen LogP contribution in [0.1, 0.15) is 145 Å². The normalized spacial score (nSPS) is 43.4. The van der Waals surface area contributed by atoms with Crippen LogP contribution in [-0.4, -0.2) is 35.6 Å². The van der Waals surface area contributed by atoms with E-state index < -0.39 is 11.4 Å². The molecule has 43 heavy (non-hydrogen) atoms. The third-order valence-corrected chi connectivity index (χ3v) is 15.1. The highest BCUT2D eigenvalue weighted by atomic mass is 16.5. The molecule has 5 saturated carbocycles. The molecule has 0 aliphatic heterocycles. The number of carbonyl (C=O) groups excluding carboxylic acids is 2. The van der Waals surface area contributed by atoms with Crippen molar-refractivity contribution in [3.8, 4) is 0 Å². The van der Waals surface area contributed by atoms with Crippen molar-refractivity contribution in [1.82, 2.24) is 5.32 Å². The van der Waals surface area contributed by atoms with E-state index in [0.717, 1.165) is 37.6 Å². The Morgan fingerprint density at radius 3 is 2.23 bits per heavy atom. The van der Waals surface area contributed by atoms with E-state index in [0.29, 0.717) is 28.1 Å². The van der Waals surface area contributed by atoms with E-state index in [4.69, 9.17) is 4.74 Å². The quantitative estimate of drug-likeness (QED) is 0.217. The number of fused-ring (bicyclic) bond motifs is 7. The second kappa shape index (κ2) is 11.0. The number of carboxylic acid groups (broad SMARTS) is 1. The number of carboxylic acids is 1. The van der Waals surface area contributed by atoms with E-state index in [9.17, 15) is 19.5 Å². The molecule has 5 fully saturated rings. The third-order valence-electron chi connectivity index (χ3n) is 15.1. The largest absolute Gasteiger partial charge is 0.481 e. The number of carbonyl (C=O) groups is 3. The molecule has 6 nitrogen and oxygen atoms in total. The molecule has 0 bridgehead atoms. The van der Waals surface area contributed by atoms with Gasteiger partial charge in [0.1, 0.15) is 6.10 Å². The predicted molar refractivity (Wildman–Crippen MR) is 169 cm³/mol. The van der Waals surface area contributed by atoms with Gasteiger partial charge in [-0.3, -0.25) is 14.4 Å². The zero-order valence-corrected chi connectivity index (χ0v) is 28.6. The Kier molecular flexibility index (Phi) is 8.42. The van der Waals surface area contributed by atoms with E-state index in [1.807, 2.05) is 0 Å². The van der Waals surface area contributed by atoms with Crippen LogP contribution in [-0.2, 0) is 19.1 Å². The fourth-order valence-corrected chi connectivity index (χ4v) is 12.7. The van der Waals surface area contributed by atoms with Crippen molar-refractivity contribution in [2.24, 2.45) is 56.2 Å². The third kappa shape index (κ3) is 5.17. The summed E-state index contributed by atoms with van der Waals surface area (Å²) in [6.45, 7) is 18.2. The molecule has 5 aliphatic rings. The van der Waals surface area contributed by atoms with E-state index in [-0.39, 0.29) is 35.2 Å². The summed E-state index contributed by atoms with van der Waals surface area (Å²) in [4.78, 5) is 36.1. The van der Waals surface area contributed by atoms with Crippen LogP contribution >= 0.6 is 0 Å². The standard InChI is InChI=1S/C37H61NO5/c1-24(39)38-22-10-17-37-16-9-11-26(37)25-12-13-28-34(6)18-15-29(43-30(40)23-32(2,3)31(41)42)33(4,5)27(34)14-19-36(28,8)35(25,7)20-21-37/h25-29H,9-23H2,1-8H3,(H,38,39)(H,41,42)/t25-,26-,27?,28?,29+,34+,35-,36-,37+/m1/s1. The van der Waals surface area contributed by atoms with Gasteiger partial charge in [-0.25, -0.2) is 0 Å². The topological polar surface area (TPSA) is 92.7 Å². The van der Waals surface area contributed by atoms with Gasteiger partial charge < -0.3 is 15.2 Å². The zero-order chi connectivity index (χ0) is 31.6. The first kappa shape index (κ1) is 32.8. The lowest BCUT2D eigenvalue weighted by Gasteiger charge is -2.72. The van der Waals surface area contributed by atoms with E-state index in [2.05, 4.69) is 39.9 Å². The van der Waals surface area contributed by atoms with Gasteiger partial charge in [0.2, 0.25) is 5.91 Å². The second-order valence-electron chi connectivity index (χ2n) is 17.8. The van der Waals surface area contributed by atoms with E-state index in [1.165, 1.54) is 64.2 Å². The Balaban J connectivity index is 1.33. The molecule has 6 heteroatoms. The van der Waals surface area contributed by atoms with Gasteiger partial charge in [-0.05, 0) is 136 Å². The molecular formula is C37H61NO5. The highest BCUT2D eigenvalue weighted by Crippen LogP contribution is 2.77. The molecule has 2 N–H and O–H groups in total. The summed E-state index contributed by atoms with van der Waals surface area (Å²) in [5, 5.41) is 12.6. The van der Waals surface area contributed by atoms with Crippen molar-refractivity contribution in [3.63, 3.8) is 0 Å². The second-order valence-corrected chi connectivity index (χ2v) is 17.8. The van der Waals surface area contributed by atoms with Gasteiger partial charge in [-0.15, -0.1) is 0 Å². The van der Waals surface area contributed by atoms with Crippen LogP contribution in [0.2, 0.25) is 0 Å². The zero-order valence-electron chi connectivity index (χ0n) is 28.6. The molecule has 0 aromatic rings. The molecule has 9 atom stereocenters. The van der Waals surface area contributed by atoms with Crippen molar-refractivity contribution >= 4 is 17.8 Å². The van der Waals surface area contributed by atoms with Crippen molar-refractivity contribution in [2.75, 3.05) is 6.54 Å². The van der Waals surface area contributed by atoms with Gasteiger partial charge in [-0.1, -0.05) is 41.0 Å². The predicted octanol–water partition coefficient (Wildman–Crippen LogP) is 8.17. The Bertz CT molecular complexity index is 1110. The summed E-state index contributed by atoms with van der Waals surface area (Å²) in [6, 6.07) is 0. The average molecular weight is 600 g/mol. The summed E-state index contributed by atoms with van der Waals surface area (Å²) < 4.78 is 6.14. The molecule has 0 radical (unpaired) electrons. The number of hydrogen-bond donors (Lipinski definition) is 2. The SMILES string of the molecule is CC(=O)NCCC[C@]12CCC[C@@H]1[C@H]1CCC3[C@@]4(C)CC[C@H](OC(=O)CC(C)(C)C(=O)O)C(C)(C)C4CC[C@@]3(C)[C@]1(C)CC2. The van der Waals surface area contributed by atoms with Crippen LogP contribution in [0.5, 0.6) is 0 Å². The van der Waals surface area contributed by atoms with E-state index in [1.54, 1.807) is 20.8 Å². The smallest absolute Gasteiger partial charge is 0.309 e. The molecule has 0 aromatic heterocycles. The first-order valence-corrected chi connectivity index (χ1v) is 17.6. The Morgan fingerprint density at radius 1 is 0.837 bits per heavy atom. The van der Waals surface area contributed by atoms with Crippen LogP contribution in [0.3, 0.4) is 0 Å². The fourth-order valence-electron chi connectivity index (χ4n) is 12.7. The summed E-state index contributed by atoms with van der Waals surface area (Å²) in [5.41, 5.74) is 0.110. The van der Waals surface area contributed by atoms with Gasteiger partial charge in [0.25, 0.3) is 0 Å². The highest BCUT2D eigenvalue weighted by molar-refractivity contribution is 5.81. The molecule has 1 amide bonds. The number of nitrogens with one attached hydrogen (secondary N) is 1. The number of esters is 1. The van der Waals surface area contributed by atoms with E-state index >= 15 is 0 Å². The first-order valence-electron chi connectivity index (χ1n) is 17.6. The van der Waals surface area contributed by atoms with Gasteiger partial charge in [0.15, 0.2) is 0 Å². The molecule has 244 valence electrons. The monoisotopic (exact) mass is 599 g/mol. The maximum atomic E-state index is 13.0. The molecule has 0 aromatic carbocycles. The number of aliphatic carboxylic acids is 1. The molecule has 5 aliphatic carbocycles. The minimum atomic E-state index is -1.12. The maximum Gasteiger partial charge on any atom is 0.309 e. The van der Waals surface area contributed by atoms with Gasteiger partial charge in [0, 0.05) is 18.9 Å². The summed E-state index contributed by atoms with van der Waals surface area (Å²) in [6.07, 6.45) is 16.0. The Morgan fingerprint density at radius 2 is 1.56 bits per heavy atom. The van der Waals surface area contributed by atoms with Crippen LogP contribution in [0, 0.1) is 56.2 Å². The van der Waals surface area contributed by atoms with Gasteiger partial charge >= 0.3 is 11.9 Å². The van der Waals surface area contributed by atoms with Crippen molar-refractivity contribution in [2.45, 2.75) is 151 Å². The maximum absolute atomic E-state index is 13.0. The molecule has 0 saturated heterocycles. The lowest BCUT2D eigenvalue weighted by atomic mass is 9.32. The summed E-state index contributed by atoms with van der Waals surface area (Å²) >= 11 is 0. The minimum absolute atomic E-state index is 0.0875. The minimum Gasteiger partial charge on any atom is -0.481 e. The molecular weight excluding hydrogens is 538 g/mol. The van der Waals surface area contributed by atoms with Crippen LogP contribution in [0.4, 0.5) is 0 Å². The first-order chi connectivity index (χ1) is 19.9. The van der Waals surface area contributed by atoms with Crippen molar-refractivity contribution < 1.29 is 24.2 Å². The van der Waals surface area contributed by atoms with Crippen LogP contribution in [0.15, 0.2) is 0 Å². The number of rotatable bonds is 8. The molecule has 0 spiro atoms. The van der Waals surface area contributed by atoms with Crippen molar-refractivity contribution in [3.05, 3.63) is 0 Å². The van der Waals surface area contributed by atoms with Crippen LogP contribution < -0.4 is 5.32 Å². The number of ether oxygens (including phenoxy) is 1. The van der Waals surface area contributed by atoms with Crippen LogP contribution in [0.25, 0.3) is 0 Å². The summed E-state index contributed by atoms with van der Waals surface area (Å²) in [5.74, 6) is 1.54. The summed E-state index contributed by atoms with van der Waals surface area (Å²) in [7, 11) is 0.